The van der Waals surface area contributed by atoms with Crippen molar-refractivity contribution < 1.29 is 28.7 Å². The van der Waals surface area contributed by atoms with Crippen LogP contribution in [-0.4, -0.2) is 87.1 Å². The number of carbonyl (C=O) groups is 4. The van der Waals surface area contributed by atoms with Crippen LogP contribution in [0.25, 0.3) is 22.4 Å². The van der Waals surface area contributed by atoms with Gasteiger partial charge in [-0.05, 0) is 78.2 Å². The second-order valence-corrected chi connectivity index (χ2v) is 15.2. The number of methoxy groups -OCH3 is 2. The normalized spacial score (nSPS) is 16.7. The van der Waals surface area contributed by atoms with Gasteiger partial charge in [-0.25, -0.2) is 19.6 Å². The van der Waals surface area contributed by atoms with Gasteiger partial charge in [-0.1, -0.05) is 86.5 Å². The molecule has 2 aliphatic rings. The van der Waals surface area contributed by atoms with E-state index in [-0.39, 0.29) is 29.8 Å². The lowest BCUT2D eigenvalue weighted by Gasteiger charge is -2.29. The van der Waals surface area contributed by atoms with E-state index in [4.69, 9.17) is 14.5 Å². The highest BCUT2D eigenvalue weighted by molar-refractivity contribution is 5.88. The van der Waals surface area contributed by atoms with Crippen LogP contribution in [0.2, 0.25) is 0 Å². The molecule has 0 spiro atoms. The maximum absolute atomic E-state index is 14.0. The number of H-pyrrole nitrogens is 2. The van der Waals surface area contributed by atoms with Crippen molar-refractivity contribution in [3.8, 4) is 46.1 Å². The fourth-order valence-corrected chi connectivity index (χ4v) is 7.88. The average molecular weight is 821 g/mol. The molecule has 2 fully saturated rings. The summed E-state index contributed by atoms with van der Waals surface area (Å²) in [6, 6.07) is 22.9. The molecular weight excluding hydrogens is 773 g/mol. The first kappa shape index (κ1) is 41.8. The largest absolute Gasteiger partial charge is 0.453 e. The van der Waals surface area contributed by atoms with Crippen molar-refractivity contribution in [3.05, 3.63) is 120 Å². The van der Waals surface area contributed by atoms with Gasteiger partial charge in [-0.15, -0.1) is 0 Å². The molecule has 2 aliphatic heterocycles. The number of hydrogen-bond donors (Lipinski definition) is 4. The van der Waals surface area contributed by atoms with Crippen molar-refractivity contribution in [1.82, 2.24) is 40.4 Å². The molecule has 4 atom stereocenters. The summed E-state index contributed by atoms with van der Waals surface area (Å²) in [5.41, 5.74) is 5.59. The highest BCUT2D eigenvalue weighted by atomic mass is 16.5. The first-order valence-electron chi connectivity index (χ1n) is 20.3. The lowest BCUT2D eigenvalue weighted by Crippen LogP contribution is -2.51. The van der Waals surface area contributed by atoms with Crippen molar-refractivity contribution >= 4 is 24.0 Å². The van der Waals surface area contributed by atoms with Crippen LogP contribution in [0.15, 0.2) is 91.3 Å². The van der Waals surface area contributed by atoms with E-state index in [0.29, 0.717) is 36.0 Å². The zero-order valence-electron chi connectivity index (χ0n) is 34.5. The predicted octanol–water partition coefficient (Wildman–Crippen LogP) is 6.67. The average Bonchev–Trinajstić information content (AvgIpc) is 4.14. The van der Waals surface area contributed by atoms with Crippen LogP contribution in [0.4, 0.5) is 9.59 Å². The van der Waals surface area contributed by atoms with Gasteiger partial charge >= 0.3 is 12.2 Å². The van der Waals surface area contributed by atoms with Gasteiger partial charge < -0.3 is 39.9 Å². The molecule has 4 heterocycles. The number of imidazole rings is 2. The van der Waals surface area contributed by atoms with Crippen molar-refractivity contribution in [1.29, 1.82) is 0 Å². The number of nitrogens with zero attached hydrogens (tertiary/aromatic N) is 4. The molecule has 0 radical (unpaired) electrons. The molecule has 14 nitrogen and oxygen atoms in total. The molecule has 61 heavy (non-hydrogen) atoms. The number of aromatic amines is 2. The third-order valence-corrected chi connectivity index (χ3v) is 11.0. The van der Waals surface area contributed by atoms with E-state index >= 15 is 0 Å². The van der Waals surface area contributed by atoms with Crippen LogP contribution in [0, 0.1) is 29.6 Å². The summed E-state index contributed by atoms with van der Waals surface area (Å²) in [5, 5.41) is 5.39. The number of amides is 4. The van der Waals surface area contributed by atoms with Crippen molar-refractivity contribution in [2.24, 2.45) is 5.92 Å². The molecular formula is C47H48N8O6. The van der Waals surface area contributed by atoms with Crippen LogP contribution in [0.3, 0.4) is 0 Å². The minimum atomic E-state index is -0.908. The number of rotatable bonds is 10. The van der Waals surface area contributed by atoms with Crippen molar-refractivity contribution in [3.63, 3.8) is 0 Å². The molecule has 2 aromatic heterocycles. The highest BCUT2D eigenvalue weighted by Crippen LogP contribution is 2.36. The van der Waals surface area contributed by atoms with Gasteiger partial charge in [0.15, 0.2) is 0 Å². The SMILES string of the molecule is COC(=O)N[C@H](C(=O)N1CCC[C@H]1c1ncc(-c2ccc(C#CC#Cc3cnc(C4CCCN4C(=O)[C@@H](NC(=O)OC)C(C)C)[nH]3)c(-c3ccccc3)c2)[nH]1)c1ccccc1. The van der Waals surface area contributed by atoms with Crippen LogP contribution in [0.1, 0.15) is 86.1 Å². The molecule has 0 bridgehead atoms. The summed E-state index contributed by atoms with van der Waals surface area (Å²) in [7, 11) is 2.55. The topological polar surface area (TPSA) is 175 Å². The molecule has 5 aromatic rings. The Labute approximate surface area is 354 Å². The Morgan fingerprint density at radius 2 is 1.33 bits per heavy atom. The maximum atomic E-state index is 14.0. The fourth-order valence-electron chi connectivity index (χ4n) is 7.88. The molecule has 2 saturated heterocycles. The Morgan fingerprint density at radius 1 is 0.721 bits per heavy atom. The van der Waals surface area contributed by atoms with E-state index in [1.165, 1.54) is 14.2 Å². The quantitative estimate of drug-likeness (QED) is 0.113. The third-order valence-electron chi connectivity index (χ3n) is 11.0. The Balaban J connectivity index is 1.09. The van der Waals surface area contributed by atoms with E-state index in [0.717, 1.165) is 53.6 Å². The molecule has 0 saturated carbocycles. The number of ether oxygens (including phenoxy) is 2. The summed E-state index contributed by atoms with van der Waals surface area (Å²) in [6.07, 6.45) is 5.14. The van der Waals surface area contributed by atoms with Gasteiger partial charge in [0.2, 0.25) is 5.91 Å². The Morgan fingerprint density at radius 3 is 2.00 bits per heavy atom. The Kier molecular flexibility index (Phi) is 13.1. The molecule has 312 valence electrons. The molecule has 1 unspecified atom stereocenters. The monoisotopic (exact) mass is 820 g/mol. The molecule has 4 amide bonds. The second kappa shape index (κ2) is 19.2. The summed E-state index contributed by atoms with van der Waals surface area (Å²) < 4.78 is 9.59. The number of alkyl carbamates (subject to hydrolysis) is 2. The van der Waals surface area contributed by atoms with E-state index in [2.05, 4.69) is 55.3 Å². The smallest absolute Gasteiger partial charge is 0.407 e. The lowest BCUT2D eigenvalue weighted by atomic mass is 9.96. The maximum Gasteiger partial charge on any atom is 0.407 e. The van der Waals surface area contributed by atoms with Crippen molar-refractivity contribution in [2.75, 3.05) is 27.3 Å². The zero-order chi connectivity index (χ0) is 42.9. The molecule has 14 heteroatoms. The number of hydrogen-bond acceptors (Lipinski definition) is 8. The first-order valence-corrected chi connectivity index (χ1v) is 20.3. The summed E-state index contributed by atoms with van der Waals surface area (Å²) in [5.74, 6) is 13.0. The fraction of sp³-hybridized carbons (Fsp3) is 0.319. The van der Waals surface area contributed by atoms with Crippen LogP contribution in [-0.2, 0) is 19.1 Å². The van der Waals surface area contributed by atoms with Gasteiger partial charge in [-0.2, -0.15) is 0 Å². The standard InChI is InChI=1S/C47H48N8O6/c1-30(2)40(52-46(58)60-3)44(56)54-25-13-21-38(54)42-48-28-35(50-42)20-12-11-17-32-23-24-34(27-36(32)31-15-7-5-8-16-31)37-29-49-43(51-37)39-22-14-26-55(39)45(57)41(53-47(59)61-4)33-18-9-6-10-19-33/h5-10,15-16,18-19,23-24,27-30,38-41H,13-14,21-22,25-26H2,1-4H3,(H,48,50)(H,49,51)(H,52,58)(H,53,59)/t38?,39-,40-,41-/m0/s1. The van der Waals surface area contributed by atoms with Gasteiger partial charge in [-0.3, -0.25) is 9.59 Å². The number of aromatic nitrogens is 4. The molecule has 0 aliphatic carbocycles. The van der Waals surface area contributed by atoms with Gasteiger partial charge in [0.1, 0.15) is 29.4 Å². The lowest BCUT2D eigenvalue weighted by molar-refractivity contribution is -0.135. The van der Waals surface area contributed by atoms with E-state index in [1.54, 1.807) is 22.2 Å². The van der Waals surface area contributed by atoms with Gasteiger partial charge in [0.05, 0.1) is 44.4 Å². The number of benzene rings is 3. The van der Waals surface area contributed by atoms with Crippen LogP contribution >= 0.6 is 0 Å². The molecule has 4 N–H and O–H groups in total. The summed E-state index contributed by atoms with van der Waals surface area (Å²) >= 11 is 0. The summed E-state index contributed by atoms with van der Waals surface area (Å²) in [4.78, 5) is 71.3. The van der Waals surface area contributed by atoms with E-state index in [9.17, 15) is 19.2 Å². The van der Waals surface area contributed by atoms with Crippen molar-refractivity contribution in [2.45, 2.75) is 63.7 Å². The summed E-state index contributed by atoms with van der Waals surface area (Å²) in [6.45, 7) is 4.84. The Hall–Kier alpha value is -7.32. The van der Waals surface area contributed by atoms with E-state index < -0.39 is 24.3 Å². The van der Waals surface area contributed by atoms with Gasteiger partial charge in [0.25, 0.3) is 5.91 Å². The first-order chi connectivity index (χ1) is 29.6. The molecule has 3 aromatic carbocycles. The number of carbonyl (C=O) groups excluding carboxylic acids is 4. The van der Waals surface area contributed by atoms with E-state index in [1.807, 2.05) is 86.6 Å². The minimum Gasteiger partial charge on any atom is -0.453 e. The second-order valence-electron chi connectivity index (χ2n) is 15.2. The molecule has 7 rings (SSSR count). The van der Waals surface area contributed by atoms with Gasteiger partial charge in [0, 0.05) is 24.2 Å². The van der Waals surface area contributed by atoms with Crippen LogP contribution in [0.5, 0.6) is 0 Å². The van der Waals surface area contributed by atoms with Crippen LogP contribution < -0.4 is 10.6 Å². The zero-order valence-corrected chi connectivity index (χ0v) is 34.5. The third kappa shape index (κ3) is 9.61. The predicted molar refractivity (Wildman–Crippen MR) is 228 cm³/mol. The minimum absolute atomic E-state index is 0.132. The number of likely N-dealkylation sites (tertiary alicyclic amines) is 2. The number of nitrogens with one attached hydrogen (secondary N) is 4. The Bertz CT molecular complexity index is 2490. The highest BCUT2D eigenvalue weighted by Gasteiger charge is 2.38.